The SMILES string of the molecule is CC(C)(C)OC(=O)CCc1ccc(CNC(=O)COCCOCCOCC(=O)N(CCCCOc2cc(CN(Cc3ccccn3)Cc3ccccn3)cc(CN(Cc3ccccn3)Cc3ccccn3)c2)Cc2ccc(-c3ccccc3)cc2)cc1. The van der Waals surface area contributed by atoms with Crippen molar-refractivity contribution in [1.29, 1.82) is 0 Å². The van der Waals surface area contributed by atoms with E-state index in [1.807, 2.05) is 141 Å². The molecule has 0 saturated heterocycles. The van der Waals surface area contributed by atoms with E-state index >= 15 is 0 Å². The molecule has 0 saturated carbocycles. The van der Waals surface area contributed by atoms with Gasteiger partial charge in [-0.05, 0) is 140 Å². The van der Waals surface area contributed by atoms with Gasteiger partial charge >= 0.3 is 5.97 Å². The van der Waals surface area contributed by atoms with Gasteiger partial charge in [0.2, 0.25) is 11.8 Å². The maximum absolute atomic E-state index is 13.9. The first-order valence-electron chi connectivity index (χ1n) is 30.0. The third kappa shape index (κ3) is 24.4. The zero-order chi connectivity index (χ0) is 60.7. The summed E-state index contributed by atoms with van der Waals surface area (Å²) in [6, 6.07) is 57.0. The van der Waals surface area contributed by atoms with Gasteiger partial charge in [-0.15, -0.1) is 0 Å². The summed E-state index contributed by atoms with van der Waals surface area (Å²) in [4.78, 5) is 63.8. The Morgan fingerprint density at radius 2 is 0.943 bits per heavy atom. The summed E-state index contributed by atoms with van der Waals surface area (Å²) in [5.41, 5.74) is 10.8. The lowest BCUT2D eigenvalue weighted by Crippen LogP contribution is -2.35. The molecule has 16 nitrogen and oxygen atoms in total. The third-order valence-electron chi connectivity index (χ3n) is 13.9. The smallest absolute Gasteiger partial charge is 0.306 e. The highest BCUT2D eigenvalue weighted by Crippen LogP contribution is 2.25. The standard InChI is InChI=1S/C71H82N8O8/c1-71(2,3)87-70(82)32-29-56-23-25-57(26-24-56)46-76-68(80)54-84-41-39-83-40-42-85-55-69(81)79(49-58-27-30-62(31-28-58)61-17-5-4-6-18-61)37-15-16-38-86-67-44-59(47-77(50-63-19-7-11-33-72-63)51-64-20-8-12-34-73-64)43-60(45-67)48-78(52-65-21-9-13-35-74-65)53-66-22-10-14-36-75-66/h4-14,17-28,30-31,33-36,43-45H,15-16,29,32,37-42,46-55H2,1-3H3,(H,76,80). The summed E-state index contributed by atoms with van der Waals surface area (Å²) in [5, 5.41) is 2.87. The Morgan fingerprint density at radius 3 is 1.46 bits per heavy atom. The number of ether oxygens (including phenoxy) is 5. The van der Waals surface area contributed by atoms with Crippen LogP contribution in [0.5, 0.6) is 5.75 Å². The molecule has 0 atom stereocenters. The van der Waals surface area contributed by atoms with E-state index in [1.165, 1.54) is 0 Å². The first-order chi connectivity index (χ1) is 42.4. The summed E-state index contributed by atoms with van der Waals surface area (Å²) in [6.45, 7) is 11.9. The fraction of sp³-hybridized carbons (Fsp3) is 0.338. The summed E-state index contributed by atoms with van der Waals surface area (Å²) in [6.07, 6.45) is 9.63. The van der Waals surface area contributed by atoms with Gasteiger partial charge in [0.1, 0.15) is 24.6 Å². The molecule has 0 radical (unpaired) electrons. The minimum absolute atomic E-state index is 0.0988. The number of hydrogen-bond donors (Lipinski definition) is 1. The van der Waals surface area contributed by atoms with E-state index in [9.17, 15) is 14.4 Å². The second-order valence-electron chi connectivity index (χ2n) is 22.4. The van der Waals surface area contributed by atoms with E-state index in [0.29, 0.717) is 91.2 Å². The van der Waals surface area contributed by atoms with Crippen LogP contribution in [0, 0.1) is 0 Å². The number of unbranched alkanes of at least 4 members (excludes halogenated alkanes) is 1. The first kappa shape index (κ1) is 64.5. The van der Waals surface area contributed by atoms with Crippen LogP contribution in [-0.4, -0.2) is 111 Å². The maximum atomic E-state index is 13.9. The van der Waals surface area contributed by atoms with Gasteiger partial charge in [-0.25, -0.2) is 0 Å². The molecule has 1 N–H and O–H groups in total. The van der Waals surface area contributed by atoms with Gasteiger partial charge < -0.3 is 33.9 Å². The van der Waals surface area contributed by atoms with Gasteiger partial charge in [0, 0.05) is 90.1 Å². The van der Waals surface area contributed by atoms with E-state index < -0.39 is 5.60 Å². The lowest BCUT2D eigenvalue weighted by atomic mass is 10.0. The van der Waals surface area contributed by atoms with Crippen LogP contribution in [-0.2, 0) is 92.1 Å². The highest BCUT2D eigenvalue weighted by atomic mass is 16.6. The Kier molecular flexibility index (Phi) is 26.1. The minimum Gasteiger partial charge on any atom is -0.494 e. The number of esters is 1. The molecule has 4 aromatic heterocycles. The minimum atomic E-state index is -0.507. The first-order valence-corrected chi connectivity index (χ1v) is 30.0. The van der Waals surface area contributed by atoms with Gasteiger partial charge in [0.25, 0.3) is 0 Å². The van der Waals surface area contributed by atoms with Gasteiger partial charge in [0.05, 0.1) is 55.8 Å². The lowest BCUT2D eigenvalue weighted by Gasteiger charge is -2.25. The van der Waals surface area contributed by atoms with E-state index in [0.717, 1.165) is 67.5 Å². The summed E-state index contributed by atoms with van der Waals surface area (Å²) in [7, 11) is 0. The molecule has 0 spiro atoms. The molecule has 2 amide bonds. The van der Waals surface area contributed by atoms with Crippen molar-refractivity contribution in [2.45, 2.75) is 104 Å². The number of aromatic nitrogens is 4. The maximum Gasteiger partial charge on any atom is 0.306 e. The van der Waals surface area contributed by atoms with Crippen molar-refractivity contribution in [1.82, 2.24) is 40.0 Å². The van der Waals surface area contributed by atoms with Crippen LogP contribution in [0.1, 0.15) is 90.6 Å². The lowest BCUT2D eigenvalue weighted by molar-refractivity contribution is -0.154. The van der Waals surface area contributed by atoms with E-state index in [1.54, 1.807) is 0 Å². The molecular formula is C71H82N8O8. The fourth-order valence-electron chi connectivity index (χ4n) is 9.74. The molecular weight excluding hydrogens is 1090 g/mol. The highest BCUT2D eigenvalue weighted by molar-refractivity contribution is 5.78. The molecule has 0 aliphatic carbocycles. The van der Waals surface area contributed by atoms with Crippen LogP contribution >= 0.6 is 0 Å². The van der Waals surface area contributed by atoms with Crippen LogP contribution in [0.25, 0.3) is 11.1 Å². The number of aryl methyl sites for hydroxylation is 1. The fourth-order valence-corrected chi connectivity index (χ4v) is 9.74. The number of nitrogens with one attached hydrogen (secondary N) is 1. The Balaban J connectivity index is 0.838. The summed E-state index contributed by atoms with van der Waals surface area (Å²) >= 11 is 0. The number of pyridine rings is 4. The zero-order valence-electron chi connectivity index (χ0n) is 50.5. The molecule has 4 aromatic carbocycles. The van der Waals surface area contributed by atoms with Crippen molar-refractivity contribution in [2.75, 3.05) is 52.8 Å². The molecule has 0 unspecified atom stereocenters. The van der Waals surface area contributed by atoms with Crippen LogP contribution < -0.4 is 10.1 Å². The Hall–Kier alpha value is -8.51. The molecule has 0 aliphatic heterocycles. The predicted octanol–water partition coefficient (Wildman–Crippen LogP) is 11.2. The number of carbonyl (C=O) groups excluding carboxylic acids is 3. The monoisotopic (exact) mass is 1170 g/mol. The molecule has 8 aromatic rings. The molecule has 4 heterocycles. The van der Waals surface area contributed by atoms with Crippen LogP contribution in [0.4, 0.5) is 0 Å². The van der Waals surface area contributed by atoms with Gasteiger partial charge in [-0.1, -0.05) is 109 Å². The molecule has 0 fully saturated rings. The van der Waals surface area contributed by atoms with Crippen molar-refractivity contribution in [3.8, 4) is 16.9 Å². The third-order valence-corrected chi connectivity index (χ3v) is 13.9. The van der Waals surface area contributed by atoms with Crippen LogP contribution in [0.15, 0.2) is 195 Å². The molecule has 87 heavy (non-hydrogen) atoms. The number of carbonyl (C=O) groups is 3. The van der Waals surface area contributed by atoms with Gasteiger partial charge in [-0.2, -0.15) is 0 Å². The molecule has 454 valence electrons. The van der Waals surface area contributed by atoms with Crippen molar-refractivity contribution in [3.63, 3.8) is 0 Å². The van der Waals surface area contributed by atoms with E-state index in [-0.39, 0.29) is 57.4 Å². The second-order valence-corrected chi connectivity index (χ2v) is 22.4. The van der Waals surface area contributed by atoms with E-state index in [2.05, 4.69) is 114 Å². The largest absolute Gasteiger partial charge is 0.494 e. The van der Waals surface area contributed by atoms with E-state index in [4.69, 9.17) is 23.7 Å². The molecule has 0 aliphatic rings. The van der Waals surface area contributed by atoms with Crippen LogP contribution in [0.3, 0.4) is 0 Å². The second kappa shape index (κ2) is 35.2. The van der Waals surface area contributed by atoms with Crippen LogP contribution in [0.2, 0.25) is 0 Å². The Morgan fingerprint density at radius 1 is 0.460 bits per heavy atom. The topological polar surface area (TPSA) is 171 Å². The van der Waals surface area contributed by atoms with Crippen molar-refractivity contribution >= 4 is 17.8 Å². The van der Waals surface area contributed by atoms with Crippen molar-refractivity contribution < 1.29 is 38.1 Å². The van der Waals surface area contributed by atoms with Crippen molar-refractivity contribution in [3.05, 3.63) is 245 Å². The van der Waals surface area contributed by atoms with Gasteiger partial charge in [0.15, 0.2) is 0 Å². The average Bonchev–Trinajstić information content (AvgIpc) is 3.58. The number of rotatable bonds is 36. The molecule has 16 heteroatoms. The zero-order valence-corrected chi connectivity index (χ0v) is 50.5. The average molecular weight is 1180 g/mol. The number of amides is 2. The molecule has 8 rings (SSSR count). The molecule has 0 bridgehead atoms. The number of hydrogen-bond acceptors (Lipinski definition) is 14. The van der Waals surface area contributed by atoms with Gasteiger partial charge in [-0.3, -0.25) is 44.1 Å². The summed E-state index contributed by atoms with van der Waals surface area (Å²) < 4.78 is 29.2. The number of benzene rings is 4. The Labute approximate surface area is 512 Å². The van der Waals surface area contributed by atoms with Crippen molar-refractivity contribution in [2.24, 2.45) is 0 Å². The quantitative estimate of drug-likeness (QED) is 0.0291. The Bertz CT molecular complexity index is 3080. The summed E-state index contributed by atoms with van der Waals surface area (Å²) in [5.74, 6) is 0.188. The highest BCUT2D eigenvalue weighted by Gasteiger charge is 2.19. The predicted molar refractivity (Wildman–Crippen MR) is 336 cm³/mol. The number of nitrogens with zero attached hydrogens (tertiary/aromatic N) is 7. The normalized spacial score (nSPS) is 11.4.